The van der Waals surface area contributed by atoms with Gasteiger partial charge in [0.25, 0.3) is 0 Å². The number of ether oxygens (including phenoxy) is 1. The standard InChI is InChI=1S/C13H18FNO2/c1-17-11-4-2-3-9(7-11)15-10-5-6-13(16)12(14)8-10/h5-6,8-9,11,15-16H,2-4,7H2,1H3. The van der Waals surface area contributed by atoms with Gasteiger partial charge in [-0.25, -0.2) is 4.39 Å². The molecule has 0 bridgehead atoms. The van der Waals surface area contributed by atoms with Crippen LogP contribution in [0.15, 0.2) is 18.2 Å². The fourth-order valence-electron chi connectivity index (χ4n) is 2.32. The first-order chi connectivity index (χ1) is 8.19. The molecule has 1 aromatic carbocycles. The molecular formula is C13H18FNO2. The van der Waals surface area contributed by atoms with E-state index in [1.54, 1.807) is 13.2 Å². The molecule has 3 nitrogen and oxygen atoms in total. The van der Waals surface area contributed by atoms with Gasteiger partial charge in [-0.3, -0.25) is 0 Å². The van der Waals surface area contributed by atoms with Crippen molar-refractivity contribution in [1.29, 1.82) is 0 Å². The van der Waals surface area contributed by atoms with Gasteiger partial charge in [0, 0.05) is 24.9 Å². The SMILES string of the molecule is COC1CCCC(Nc2ccc(O)c(F)c2)C1. The van der Waals surface area contributed by atoms with Crippen molar-refractivity contribution in [1.82, 2.24) is 0 Å². The van der Waals surface area contributed by atoms with Crippen molar-refractivity contribution >= 4 is 5.69 Å². The van der Waals surface area contributed by atoms with Crippen LogP contribution in [0.25, 0.3) is 0 Å². The maximum atomic E-state index is 13.2. The first-order valence-corrected chi connectivity index (χ1v) is 5.97. The Labute approximate surface area is 101 Å². The normalized spacial score (nSPS) is 24.6. The molecule has 0 heterocycles. The Morgan fingerprint density at radius 2 is 2.24 bits per heavy atom. The number of benzene rings is 1. The second kappa shape index (κ2) is 5.36. The molecule has 1 aliphatic carbocycles. The van der Waals surface area contributed by atoms with Crippen molar-refractivity contribution < 1.29 is 14.2 Å². The van der Waals surface area contributed by atoms with Gasteiger partial charge in [0.2, 0.25) is 0 Å². The summed E-state index contributed by atoms with van der Waals surface area (Å²) in [6.45, 7) is 0. The third-order valence-electron chi connectivity index (χ3n) is 3.28. The topological polar surface area (TPSA) is 41.5 Å². The summed E-state index contributed by atoms with van der Waals surface area (Å²) in [7, 11) is 1.73. The Bertz CT molecular complexity index is 384. The first kappa shape index (κ1) is 12.2. The van der Waals surface area contributed by atoms with Gasteiger partial charge < -0.3 is 15.2 Å². The lowest BCUT2D eigenvalue weighted by Crippen LogP contribution is -2.30. The molecular weight excluding hydrogens is 221 g/mol. The Morgan fingerprint density at radius 1 is 1.41 bits per heavy atom. The summed E-state index contributed by atoms with van der Waals surface area (Å²) in [5.41, 5.74) is 0.710. The molecule has 0 spiro atoms. The minimum Gasteiger partial charge on any atom is -0.505 e. The maximum Gasteiger partial charge on any atom is 0.166 e. The highest BCUT2D eigenvalue weighted by Crippen LogP contribution is 2.25. The van der Waals surface area contributed by atoms with E-state index in [0.717, 1.165) is 25.7 Å². The highest BCUT2D eigenvalue weighted by molar-refractivity contribution is 5.47. The molecule has 0 aromatic heterocycles. The van der Waals surface area contributed by atoms with Crippen LogP contribution in [0.4, 0.5) is 10.1 Å². The minimum absolute atomic E-state index is 0.295. The van der Waals surface area contributed by atoms with E-state index in [2.05, 4.69) is 5.32 Å². The fourth-order valence-corrected chi connectivity index (χ4v) is 2.32. The monoisotopic (exact) mass is 239 g/mol. The molecule has 1 aliphatic rings. The summed E-state index contributed by atoms with van der Waals surface area (Å²) >= 11 is 0. The lowest BCUT2D eigenvalue weighted by atomic mass is 9.92. The summed E-state index contributed by atoms with van der Waals surface area (Å²) in [5.74, 6) is -0.900. The number of nitrogens with one attached hydrogen (secondary N) is 1. The molecule has 2 atom stereocenters. The van der Waals surface area contributed by atoms with Crippen molar-refractivity contribution in [3.05, 3.63) is 24.0 Å². The third-order valence-corrected chi connectivity index (χ3v) is 3.28. The second-order valence-corrected chi connectivity index (χ2v) is 4.53. The molecule has 0 aliphatic heterocycles. The Morgan fingerprint density at radius 3 is 2.94 bits per heavy atom. The number of phenolic OH excluding ortho intramolecular Hbond substituents is 1. The minimum atomic E-state index is -0.589. The molecule has 4 heteroatoms. The number of anilines is 1. The van der Waals surface area contributed by atoms with Gasteiger partial charge in [-0.15, -0.1) is 0 Å². The zero-order chi connectivity index (χ0) is 12.3. The molecule has 17 heavy (non-hydrogen) atoms. The number of methoxy groups -OCH3 is 1. The van der Waals surface area contributed by atoms with Crippen molar-refractivity contribution in [3.8, 4) is 5.75 Å². The molecule has 1 fully saturated rings. The maximum absolute atomic E-state index is 13.2. The summed E-state index contributed by atoms with van der Waals surface area (Å²) < 4.78 is 18.5. The van der Waals surface area contributed by atoms with E-state index in [9.17, 15) is 4.39 Å². The van der Waals surface area contributed by atoms with E-state index in [1.807, 2.05) is 0 Å². The van der Waals surface area contributed by atoms with Crippen molar-refractivity contribution in [2.45, 2.75) is 37.8 Å². The Balaban J connectivity index is 1.97. The number of rotatable bonds is 3. The molecule has 2 rings (SSSR count). The molecule has 2 N–H and O–H groups in total. The average Bonchev–Trinajstić information content (AvgIpc) is 2.34. The predicted molar refractivity (Wildman–Crippen MR) is 64.7 cm³/mol. The van der Waals surface area contributed by atoms with E-state index in [4.69, 9.17) is 9.84 Å². The summed E-state index contributed by atoms with van der Waals surface area (Å²) in [6, 6.07) is 4.70. The van der Waals surface area contributed by atoms with Crippen LogP contribution in [0.3, 0.4) is 0 Å². The van der Waals surface area contributed by atoms with Crippen LogP contribution in [-0.2, 0) is 4.74 Å². The number of phenols is 1. The predicted octanol–water partition coefficient (Wildman–Crippen LogP) is 2.90. The molecule has 1 aromatic rings. The smallest absolute Gasteiger partial charge is 0.166 e. The number of hydrogen-bond acceptors (Lipinski definition) is 3. The van der Waals surface area contributed by atoms with Gasteiger partial charge in [-0.05, 0) is 37.8 Å². The molecule has 1 saturated carbocycles. The van der Waals surface area contributed by atoms with Gasteiger partial charge in [-0.1, -0.05) is 0 Å². The van der Waals surface area contributed by atoms with Crippen molar-refractivity contribution in [2.75, 3.05) is 12.4 Å². The average molecular weight is 239 g/mol. The van der Waals surface area contributed by atoms with Gasteiger partial charge >= 0.3 is 0 Å². The van der Waals surface area contributed by atoms with Crippen LogP contribution in [0.2, 0.25) is 0 Å². The van der Waals surface area contributed by atoms with Crippen LogP contribution in [0, 0.1) is 5.82 Å². The first-order valence-electron chi connectivity index (χ1n) is 5.97. The fraction of sp³-hybridized carbons (Fsp3) is 0.538. The Kier molecular flexibility index (Phi) is 3.84. The molecule has 0 saturated heterocycles. The molecule has 0 radical (unpaired) electrons. The summed E-state index contributed by atoms with van der Waals surface area (Å²) in [6.07, 6.45) is 4.53. The van der Waals surface area contributed by atoms with E-state index in [0.29, 0.717) is 17.8 Å². The highest BCUT2D eigenvalue weighted by Gasteiger charge is 2.21. The van der Waals surface area contributed by atoms with Crippen LogP contribution in [0.5, 0.6) is 5.75 Å². The van der Waals surface area contributed by atoms with Crippen molar-refractivity contribution in [3.63, 3.8) is 0 Å². The van der Waals surface area contributed by atoms with Gasteiger partial charge in [0.15, 0.2) is 11.6 Å². The Hall–Kier alpha value is -1.29. The highest BCUT2D eigenvalue weighted by atomic mass is 19.1. The van der Waals surface area contributed by atoms with Crippen LogP contribution in [-0.4, -0.2) is 24.4 Å². The molecule has 0 amide bonds. The summed E-state index contributed by atoms with van der Waals surface area (Å²) in [4.78, 5) is 0. The molecule has 2 unspecified atom stereocenters. The molecule has 94 valence electrons. The van der Waals surface area contributed by atoms with Gasteiger partial charge in [0.1, 0.15) is 0 Å². The summed E-state index contributed by atoms with van der Waals surface area (Å²) in [5, 5.41) is 12.4. The number of halogens is 1. The van der Waals surface area contributed by atoms with Crippen LogP contribution < -0.4 is 5.32 Å². The lowest BCUT2D eigenvalue weighted by Gasteiger charge is -2.29. The zero-order valence-corrected chi connectivity index (χ0v) is 9.95. The van der Waals surface area contributed by atoms with E-state index >= 15 is 0 Å². The number of hydrogen-bond donors (Lipinski definition) is 2. The lowest BCUT2D eigenvalue weighted by molar-refractivity contribution is 0.0669. The second-order valence-electron chi connectivity index (χ2n) is 4.53. The number of aromatic hydroxyl groups is 1. The largest absolute Gasteiger partial charge is 0.505 e. The van der Waals surface area contributed by atoms with Crippen LogP contribution in [0.1, 0.15) is 25.7 Å². The van der Waals surface area contributed by atoms with Crippen LogP contribution >= 0.6 is 0 Å². The van der Waals surface area contributed by atoms with Gasteiger partial charge in [-0.2, -0.15) is 0 Å². The van der Waals surface area contributed by atoms with Gasteiger partial charge in [0.05, 0.1) is 6.10 Å². The zero-order valence-electron chi connectivity index (χ0n) is 9.95. The van der Waals surface area contributed by atoms with E-state index in [-0.39, 0.29) is 5.75 Å². The third kappa shape index (κ3) is 3.09. The van der Waals surface area contributed by atoms with E-state index in [1.165, 1.54) is 12.1 Å². The van der Waals surface area contributed by atoms with Crippen molar-refractivity contribution in [2.24, 2.45) is 0 Å². The van der Waals surface area contributed by atoms with E-state index < -0.39 is 5.82 Å². The quantitative estimate of drug-likeness (QED) is 0.797.